The van der Waals surface area contributed by atoms with Gasteiger partial charge in [0.15, 0.2) is 0 Å². The van der Waals surface area contributed by atoms with Crippen LogP contribution in [-0.4, -0.2) is 31.0 Å². The summed E-state index contributed by atoms with van der Waals surface area (Å²) in [6.45, 7) is 0. The van der Waals surface area contributed by atoms with Gasteiger partial charge in [0.25, 0.3) is 0 Å². The van der Waals surface area contributed by atoms with Crippen molar-refractivity contribution in [2.45, 2.75) is 0 Å². The van der Waals surface area contributed by atoms with E-state index in [1.807, 2.05) is 60.7 Å². The predicted octanol–water partition coefficient (Wildman–Crippen LogP) is 12.1. The fourth-order valence-electron chi connectivity index (χ4n) is 7.71. The molecule has 0 unspecified atom stereocenters. The topological polar surface area (TPSA) is 38.7 Å². The second-order valence-corrected chi connectivity index (χ2v) is 14.6. The molecule has 0 amide bonds. The summed E-state index contributed by atoms with van der Waals surface area (Å²) in [6, 6.07) is 68.5. The van der Waals surface area contributed by atoms with Gasteiger partial charge in [-0.25, -0.2) is 0 Å². The van der Waals surface area contributed by atoms with Crippen LogP contribution in [0.5, 0.6) is 0 Å². The van der Waals surface area contributed by atoms with Gasteiger partial charge in [0.2, 0.25) is 0 Å². The van der Waals surface area contributed by atoms with Crippen LogP contribution in [0, 0.1) is 0 Å². The first-order chi connectivity index (χ1) is 27.2. The second kappa shape index (κ2) is 13.9. The molecule has 1 aromatic heterocycles. The molecule has 0 N–H and O–H groups in total. The Balaban J connectivity index is 1.05. The van der Waals surface area contributed by atoms with Crippen LogP contribution in [0.2, 0.25) is 0 Å². The van der Waals surface area contributed by atoms with Crippen molar-refractivity contribution in [3.63, 3.8) is 0 Å². The summed E-state index contributed by atoms with van der Waals surface area (Å²) in [4.78, 5) is 14.9. The van der Waals surface area contributed by atoms with Crippen LogP contribution in [0.15, 0.2) is 194 Å². The first kappa shape index (κ1) is 32.9. The fraction of sp³-hybridized carbons (Fsp3) is 0. The number of hydrogen-bond acceptors (Lipinski definition) is 3. The minimum atomic E-state index is 0.634. The zero-order valence-electron chi connectivity index (χ0n) is 29.7. The fourth-order valence-corrected chi connectivity index (χ4v) is 8.47. The van der Waals surface area contributed by atoms with Crippen molar-refractivity contribution in [1.82, 2.24) is 15.0 Å². The maximum absolute atomic E-state index is 4.99. The molecule has 0 aliphatic carbocycles. The molecule has 3 nitrogen and oxygen atoms in total. The van der Waals surface area contributed by atoms with E-state index in [0.717, 1.165) is 37.8 Å². The Labute approximate surface area is 327 Å². The van der Waals surface area contributed by atoms with Crippen LogP contribution in [0.3, 0.4) is 0 Å². The van der Waals surface area contributed by atoms with E-state index in [1.54, 1.807) is 0 Å². The average molecular weight is 766 g/mol. The molecule has 0 fully saturated rings. The molecular weight excluding hydrogens is 734 g/mol. The molecule has 9 aromatic carbocycles. The van der Waals surface area contributed by atoms with Crippen LogP contribution in [0.25, 0.3) is 99.9 Å². The summed E-state index contributed by atoms with van der Waals surface area (Å²) in [5, 5.41) is 7.61. The zero-order valence-corrected chi connectivity index (χ0v) is 31.4. The summed E-state index contributed by atoms with van der Waals surface area (Å²) < 4.78 is 1.09. The van der Waals surface area contributed by atoms with Crippen LogP contribution < -0.4 is 4.46 Å². The Bertz CT molecular complexity index is 2990. The first-order valence-corrected chi connectivity index (χ1v) is 19.3. The molecule has 10 rings (SSSR count). The van der Waals surface area contributed by atoms with E-state index < -0.39 is 0 Å². The standard InChI is InChI=1S/C51H32N3Se/c55-48-43(36-18-11-19-39(32-36)51-53-49(34-14-3-1-4-15-34)52-50(54-51)35-16-5-2-6-17-35)23-12-24-47(48)44-22-10-9-21-41(44)37-26-28-42-38(31-37)27-30-45-40-20-8-7-13-33(40)25-29-46(42)45/h1-32H. The summed E-state index contributed by atoms with van der Waals surface area (Å²) >= 11 is 3.46. The molecule has 0 aliphatic rings. The Hall–Kier alpha value is -6.71. The molecule has 4 heteroatoms. The summed E-state index contributed by atoms with van der Waals surface area (Å²) in [5.41, 5.74) is 9.74. The zero-order chi connectivity index (χ0) is 36.7. The van der Waals surface area contributed by atoms with Crippen LogP contribution >= 0.6 is 0 Å². The van der Waals surface area contributed by atoms with Crippen LogP contribution in [-0.2, 0) is 0 Å². The van der Waals surface area contributed by atoms with Gasteiger partial charge in [0.05, 0.1) is 0 Å². The SMILES string of the molecule is [Se]c1c(-c2cccc(-c3nc(-c4ccccc4)nc(-c4ccccc4)n3)c2)cccc1-c1ccccc1-c1ccc2c(ccc3c4ccccc4ccc23)c1. The van der Waals surface area contributed by atoms with Crippen molar-refractivity contribution >= 4 is 52.8 Å². The van der Waals surface area contributed by atoms with E-state index in [9.17, 15) is 0 Å². The van der Waals surface area contributed by atoms with Gasteiger partial charge in [-0.2, -0.15) is 0 Å². The van der Waals surface area contributed by atoms with Crippen molar-refractivity contribution in [1.29, 1.82) is 0 Å². The summed E-state index contributed by atoms with van der Waals surface area (Å²) in [6.07, 6.45) is 0. The molecule has 0 bridgehead atoms. The van der Waals surface area contributed by atoms with Gasteiger partial charge in [-0.05, 0) is 0 Å². The molecule has 10 aromatic rings. The Morgan fingerprint density at radius 1 is 0.273 bits per heavy atom. The van der Waals surface area contributed by atoms with Gasteiger partial charge in [-0.15, -0.1) is 0 Å². The number of aromatic nitrogens is 3. The number of hydrogen-bond donors (Lipinski definition) is 0. The monoisotopic (exact) mass is 766 g/mol. The minimum absolute atomic E-state index is 0.634. The van der Waals surface area contributed by atoms with Crippen molar-refractivity contribution in [2.75, 3.05) is 0 Å². The molecular formula is C51H32N3Se. The van der Waals surface area contributed by atoms with Gasteiger partial charge in [-0.3, -0.25) is 0 Å². The van der Waals surface area contributed by atoms with Crippen LogP contribution in [0.1, 0.15) is 0 Å². The normalized spacial score (nSPS) is 11.3. The Morgan fingerprint density at radius 3 is 1.47 bits per heavy atom. The number of rotatable bonds is 6. The summed E-state index contributed by atoms with van der Waals surface area (Å²) in [5.74, 6) is 1.93. The quantitative estimate of drug-likeness (QED) is 0.125. The maximum atomic E-state index is 4.99. The third-order valence-electron chi connectivity index (χ3n) is 10.4. The van der Waals surface area contributed by atoms with E-state index in [4.69, 9.17) is 15.0 Å². The Kier molecular flexibility index (Phi) is 8.33. The molecule has 55 heavy (non-hydrogen) atoms. The second-order valence-electron chi connectivity index (χ2n) is 13.7. The molecule has 0 atom stereocenters. The molecule has 1 radical (unpaired) electrons. The van der Waals surface area contributed by atoms with Gasteiger partial charge in [0, 0.05) is 0 Å². The molecule has 0 aliphatic heterocycles. The van der Waals surface area contributed by atoms with Crippen molar-refractivity contribution in [2.24, 2.45) is 0 Å². The third kappa shape index (κ3) is 6.08. The van der Waals surface area contributed by atoms with Gasteiger partial charge < -0.3 is 0 Å². The van der Waals surface area contributed by atoms with Gasteiger partial charge in [-0.1, -0.05) is 18.2 Å². The number of fused-ring (bicyclic) bond motifs is 5. The summed E-state index contributed by atoms with van der Waals surface area (Å²) in [7, 11) is 0. The van der Waals surface area contributed by atoms with Crippen molar-refractivity contribution in [3.8, 4) is 67.5 Å². The van der Waals surface area contributed by atoms with Crippen molar-refractivity contribution < 1.29 is 0 Å². The van der Waals surface area contributed by atoms with E-state index in [0.29, 0.717) is 17.5 Å². The van der Waals surface area contributed by atoms with Crippen molar-refractivity contribution in [3.05, 3.63) is 194 Å². The molecule has 257 valence electrons. The number of nitrogens with zero attached hydrogens (tertiary/aromatic N) is 3. The van der Waals surface area contributed by atoms with Crippen LogP contribution in [0.4, 0.5) is 0 Å². The van der Waals surface area contributed by atoms with E-state index >= 15 is 0 Å². The number of benzene rings is 9. The molecule has 0 spiro atoms. The van der Waals surface area contributed by atoms with E-state index in [-0.39, 0.29) is 0 Å². The predicted molar refractivity (Wildman–Crippen MR) is 230 cm³/mol. The van der Waals surface area contributed by atoms with Gasteiger partial charge >= 0.3 is 311 Å². The molecule has 0 saturated heterocycles. The Morgan fingerprint density at radius 2 is 0.745 bits per heavy atom. The first-order valence-electron chi connectivity index (χ1n) is 18.4. The average Bonchev–Trinajstić information content (AvgIpc) is 3.26. The molecule has 0 saturated carbocycles. The van der Waals surface area contributed by atoms with E-state index in [2.05, 4.69) is 149 Å². The third-order valence-corrected chi connectivity index (χ3v) is 11.3. The van der Waals surface area contributed by atoms with E-state index in [1.165, 1.54) is 49.0 Å². The molecule has 1 heterocycles. The van der Waals surface area contributed by atoms with Gasteiger partial charge in [0.1, 0.15) is 0 Å².